The molecule has 5 nitrogen and oxygen atoms in total. The third-order valence-electron chi connectivity index (χ3n) is 1.97. The van der Waals surface area contributed by atoms with Gasteiger partial charge in [0.1, 0.15) is 0 Å². The van der Waals surface area contributed by atoms with E-state index in [0.29, 0.717) is 0 Å². The van der Waals surface area contributed by atoms with Crippen molar-refractivity contribution in [2.24, 2.45) is 0 Å². The summed E-state index contributed by atoms with van der Waals surface area (Å²) in [5, 5.41) is 5.52. The Bertz CT molecular complexity index is 419. The van der Waals surface area contributed by atoms with E-state index in [1.165, 1.54) is 0 Å². The first kappa shape index (κ1) is 11.2. The summed E-state index contributed by atoms with van der Waals surface area (Å²) in [6.07, 6.45) is -4.67. The molecule has 1 unspecified atom stereocenters. The van der Waals surface area contributed by atoms with Crippen LogP contribution in [-0.2, 0) is 11.0 Å². The Morgan fingerprint density at radius 3 is 2.56 bits per heavy atom. The molecule has 0 saturated carbocycles. The quantitative estimate of drug-likeness (QED) is 0.713. The number of alkyl halides is 4. The van der Waals surface area contributed by atoms with Crippen molar-refractivity contribution >= 4 is 23.5 Å². The minimum atomic E-state index is -4.71. The molecule has 1 aliphatic heterocycles. The molecule has 1 aliphatic rings. The van der Waals surface area contributed by atoms with E-state index in [1.807, 2.05) is 0 Å². The largest absolute Gasteiger partial charge is 0.470 e. The Balaban J connectivity index is 2.23. The number of rotatable bonds is 1. The number of carbonyl (C=O) groups excluding carboxylic acids is 1. The fourth-order valence-corrected chi connectivity index (χ4v) is 1.56. The normalized spacial score (nSPS) is 21.9. The molecule has 88 valence electrons. The first-order valence-electron chi connectivity index (χ1n) is 4.23. The molecule has 0 radical (unpaired) electrons. The van der Waals surface area contributed by atoms with Gasteiger partial charge in [-0.15, -0.1) is 16.7 Å². The van der Waals surface area contributed by atoms with Crippen LogP contribution in [0.4, 0.5) is 19.2 Å². The molecule has 1 aromatic heterocycles. The summed E-state index contributed by atoms with van der Waals surface area (Å²) >= 11 is 5.67. The van der Waals surface area contributed by atoms with Gasteiger partial charge in [-0.25, -0.2) is 0 Å². The predicted molar refractivity (Wildman–Crippen MR) is 45.9 cm³/mol. The number of carbonyl (C=O) groups is 1. The van der Waals surface area contributed by atoms with E-state index >= 15 is 0 Å². The predicted octanol–water partition coefficient (Wildman–Crippen LogP) is 1.43. The summed E-state index contributed by atoms with van der Waals surface area (Å²) in [6.45, 7) is 0.0693. The van der Waals surface area contributed by atoms with E-state index in [-0.39, 0.29) is 13.0 Å². The molecular weight excluding hydrogens is 251 g/mol. The van der Waals surface area contributed by atoms with Gasteiger partial charge >= 0.3 is 18.1 Å². The van der Waals surface area contributed by atoms with Gasteiger partial charge in [0, 0.05) is 13.0 Å². The number of amides is 1. The van der Waals surface area contributed by atoms with Gasteiger partial charge in [0.15, 0.2) is 0 Å². The maximum atomic E-state index is 12.1. The number of hydrogen-bond donors (Lipinski definition) is 0. The van der Waals surface area contributed by atoms with Gasteiger partial charge in [-0.1, -0.05) is 5.10 Å². The molecule has 0 spiro atoms. The fraction of sp³-hybridized carbons (Fsp3) is 0.571. The molecule has 1 saturated heterocycles. The topological polar surface area (TPSA) is 59.2 Å². The van der Waals surface area contributed by atoms with Gasteiger partial charge in [0.05, 0.1) is 5.38 Å². The lowest BCUT2D eigenvalue weighted by atomic mass is 10.4. The third kappa shape index (κ3) is 1.97. The second kappa shape index (κ2) is 3.62. The molecule has 1 fully saturated rings. The Morgan fingerprint density at radius 2 is 2.12 bits per heavy atom. The fourth-order valence-electron chi connectivity index (χ4n) is 1.29. The zero-order valence-corrected chi connectivity index (χ0v) is 8.42. The maximum absolute atomic E-state index is 12.1. The van der Waals surface area contributed by atoms with Crippen LogP contribution in [0, 0.1) is 0 Å². The Morgan fingerprint density at radius 1 is 1.44 bits per heavy atom. The first-order chi connectivity index (χ1) is 7.38. The first-order valence-corrected chi connectivity index (χ1v) is 4.66. The van der Waals surface area contributed by atoms with Gasteiger partial charge in [0.2, 0.25) is 5.91 Å². The van der Waals surface area contributed by atoms with Gasteiger partial charge in [-0.3, -0.25) is 9.69 Å². The van der Waals surface area contributed by atoms with Crippen molar-refractivity contribution in [2.45, 2.75) is 18.0 Å². The van der Waals surface area contributed by atoms with E-state index in [9.17, 15) is 18.0 Å². The molecule has 0 aromatic carbocycles. The number of halogens is 4. The van der Waals surface area contributed by atoms with Crippen molar-refractivity contribution in [2.75, 3.05) is 11.4 Å². The highest BCUT2D eigenvalue weighted by molar-refractivity contribution is 6.24. The second-order valence-corrected chi connectivity index (χ2v) is 3.81. The lowest BCUT2D eigenvalue weighted by molar-refractivity contribution is -0.157. The van der Waals surface area contributed by atoms with E-state index in [4.69, 9.17) is 11.6 Å². The minimum Gasteiger partial charge on any atom is -0.399 e. The van der Waals surface area contributed by atoms with Crippen LogP contribution in [0.15, 0.2) is 4.42 Å². The van der Waals surface area contributed by atoms with Crippen molar-refractivity contribution in [1.82, 2.24) is 10.2 Å². The Labute approximate surface area is 92.2 Å². The van der Waals surface area contributed by atoms with Crippen LogP contribution < -0.4 is 4.90 Å². The second-order valence-electron chi connectivity index (χ2n) is 3.19. The zero-order chi connectivity index (χ0) is 11.9. The third-order valence-corrected chi connectivity index (χ3v) is 2.26. The van der Waals surface area contributed by atoms with Crippen molar-refractivity contribution < 1.29 is 22.4 Å². The molecule has 0 N–H and O–H groups in total. The van der Waals surface area contributed by atoms with Crippen LogP contribution in [0.5, 0.6) is 0 Å². The Hall–Kier alpha value is -1.31. The van der Waals surface area contributed by atoms with Crippen molar-refractivity contribution in [1.29, 1.82) is 0 Å². The van der Waals surface area contributed by atoms with E-state index in [1.54, 1.807) is 0 Å². The highest BCUT2D eigenvalue weighted by Crippen LogP contribution is 2.31. The summed E-state index contributed by atoms with van der Waals surface area (Å²) in [5.41, 5.74) is 0. The highest BCUT2D eigenvalue weighted by atomic mass is 35.5. The summed E-state index contributed by atoms with van der Waals surface area (Å²) in [7, 11) is 0. The average molecular weight is 256 g/mol. The van der Waals surface area contributed by atoms with E-state index in [0.717, 1.165) is 4.90 Å². The molecule has 2 rings (SSSR count). The lowest BCUT2D eigenvalue weighted by Gasteiger charge is -2.08. The zero-order valence-electron chi connectivity index (χ0n) is 7.66. The smallest absolute Gasteiger partial charge is 0.399 e. The van der Waals surface area contributed by atoms with Gasteiger partial charge in [0.25, 0.3) is 0 Å². The van der Waals surface area contributed by atoms with Gasteiger partial charge < -0.3 is 4.42 Å². The highest BCUT2D eigenvalue weighted by Gasteiger charge is 2.40. The number of hydrogen-bond acceptors (Lipinski definition) is 4. The molecule has 16 heavy (non-hydrogen) atoms. The molecule has 9 heteroatoms. The van der Waals surface area contributed by atoms with Crippen molar-refractivity contribution in [3.05, 3.63) is 5.89 Å². The maximum Gasteiger partial charge on any atom is 0.470 e. The molecule has 0 bridgehead atoms. The van der Waals surface area contributed by atoms with Crippen LogP contribution >= 0.6 is 11.6 Å². The van der Waals surface area contributed by atoms with Crippen LogP contribution in [0.25, 0.3) is 0 Å². The summed E-state index contributed by atoms with van der Waals surface area (Å²) in [5.74, 6) is -1.91. The SMILES string of the molecule is O=C1CC(Cl)CN1c1nnc(C(F)(F)F)o1. The standard InChI is InChI=1S/C7H5ClF3N3O2/c8-3-1-4(15)14(2-3)6-13-12-5(16-6)7(9,10)11/h3H,1-2H2. The molecule has 1 amide bonds. The van der Waals surface area contributed by atoms with Crippen molar-refractivity contribution in [3.63, 3.8) is 0 Å². The number of nitrogens with zero attached hydrogens (tertiary/aromatic N) is 3. The van der Waals surface area contributed by atoms with Crippen LogP contribution in [0.1, 0.15) is 12.3 Å². The van der Waals surface area contributed by atoms with E-state index < -0.39 is 29.4 Å². The minimum absolute atomic E-state index is 0.0469. The van der Waals surface area contributed by atoms with E-state index in [2.05, 4.69) is 14.6 Å². The Kier molecular flexibility index (Phi) is 2.53. The lowest BCUT2D eigenvalue weighted by Crippen LogP contribution is -2.24. The molecular formula is C7H5ClF3N3O2. The van der Waals surface area contributed by atoms with Crippen LogP contribution in [0.2, 0.25) is 0 Å². The van der Waals surface area contributed by atoms with Crippen molar-refractivity contribution in [3.8, 4) is 0 Å². The van der Waals surface area contributed by atoms with Crippen LogP contribution in [-0.4, -0.2) is 28.0 Å². The summed E-state index contributed by atoms with van der Waals surface area (Å²) in [6, 6.07) is -0.472. The number of anilines is 1. The molecule has 1 atom stereocenters. The molecule has 0 aliphatic carbocycles. The van der Waals surface area contributed by atoms with Crippen LogP contribution in [0.3, 0.4) is 0 Å². The molecule has 2 heterocycles. The van der Waals surface area contributed by atoms with Gasteiger partial charge in [-0.05, 0) is 0 Å². The summed E-state index contributed by atoms with van der Waals surface area (Å²) < 4.78 is 40.8. The monoisotopic (exact) mass is 255 g/mol. The average Bonchev–Trinajstić information content (AvgIpc) is 2.70. The van der Waals surface area contributed by atoms with Gasteiger partial charge in [-0.2, -0.15) is 13.2 Å². The number of aromatic nitrogens is 2. The summed E-state index contributed by atoms with van der Waals surface area (Å²) in [4.78, 5) is 12.2. The molecule has 1 aromatic rings.